The molecule has 15 heteroatoms. The van der Waals surface area contributed by atoms with Crippen LogP contribution in [-0.2, 0) is 21.2 Å². The number of nitrogens with zero attached hydrogens (tertiary/aromatic N) is 5. The Labute approximate surface area is 223 Å². The van der Waals surface area contributed by atoms with Gasteiger partial charge in [0, 0.05) is 17.8 Å². The summed E-state index contributed by atoms with van der Waals surface area (Å²) in [5.41, 5.74) is -4.52. The van der Waals surface area contributed by atoms with Crippen molar-refractivity contribution in [3.63, 3.8) is 0 Å². The van der Waals surface area contributed by atoms with Gasteiger partial charge in [-0.1, -0.05) is 38.5 Å². The summed E-state index contributed by atoms with van der Waals surface area (Å²) in [7, 11) is -5.72. The second-order valence-corrected chi connectivity index (χ2v) is 11.5. The number of ether oxygens (including phenoxy) is 1. The highest BCUT2D eigenvalue weighted by atomic mass is 32.2. The van der Waals surface area contributed by atoms with Crippen LogP contribution in [0.15, 0.2) is 22.4 Å². The fourth-order valence-electron chi connectivity index (χ4n) is 4.21. The third-order valence-corrected chi connectivity index (χ3v) is 8.12. The molecule has 1 aliphatic heterocycles. The first-order valence-electron chi connectivity index (χ1n) is 12.4. The quantitative estimate of drug-likeness (QED) is 0.184. The fourth-order valence-corrected chi connectivity index (χ4v) is 5.34. The molecule has 38 heavy (non-hydrogen) atoms. The molecule has 1 aromatic carbocycles. The lowest BCUT2D eigenvalue weighted by molar-refractivity contribution is -0.0429. The average Bonchev–Trinajstić information content (AvgIpc) is 3.33. The van der Waals surface area contributed by atoms with Crippen LogP contribution in [-0.4, -0.2) is 48.8 Å². The Bertz CT molecular complexity index is 1260. The zero-order valence-electron chi connectivity index (χ0n) is 21.6. The van der Waals surface area contributed by atoms with Crippen LogP contribution in [0, 0.1) is 0 Å². The highest BCUT2D eigenvalue weighted by molar-refractivity contribution is 7.93. The third kappa shape index (κ3) is 6.79. The molecule has 1 N–H and O–H groups in total. The minimum Gasteiger partial charge on any atom is -0.460 e. The van der Waals surface area contributed by atoms with Gasteiger partial charge in [0.15, 0.2) is 0 Å². The summed E-state index contributed by atoms with van der Waals surface area (Å²) in [6.07, 6.45) is 4.61. The van der Waals surface area contributed by atoms with Gasteiger partial charge >= 0.3 is 21.5 Å². The van der Waals surface area contributed by atoms with Gasteiger partial charge in [-0.25, -0.2) is 4.79 Å². The summed E-state index contributed by atoms with van der Waals surface area (Å²) in [5.74, 6) is -0.666. The lowest BCUT2D eigenvalue weighted by Crippen LogP contribution is -2.44. The van der Waals surface area contributed by atoms with E-state index in [4.69, 9.17) is 4.74 Å². The van der Waals surface area contributed by atoms with E-state index in [0.717, 1.165) is 42.6 Å². The number of hydrogen-bond acceptors (Lipinski definition) is 10. The van der Waals surface area contributed by atoms with Crippen LogP contribution in [0.4, 0.5) is 35.4 Å². The normalized spacial score (nSPS) is 16.2. The van der Waals surface area contributed by atoms with Crippen LogP contribution in [0.25, 0.3) is 0 Å². The summed E-state index contributed by atoms with van der Waals surface area (Å²) in [4.78, 5) is 14.2. The number of carbonyl (C=O) groups excluding carboxylic acids is 1. The smallest absolute Gasteiger partial charge is 0.460 e. The molecule has 2 heterocycles. The minimum absolute atomic E-state index is 0.0398. The molecule has 2 aromatic rings. The van der Waals surface area contributed by atoms with Gasteiger partial charge in [-0.3, -0.25) is 4.72 Å². The van der Waals surface area contributed by atoms with Gasteiger partial charge in [-0.15, -0.1) is 20.4 Å². The molecule has 0 fully saturated rings. The van der Waals surface area contributed by atoms with E-state index in [9.17, 15) is 26.4 Å². The molecule has 0 saturated heterocycles. The summed E-state index contributed by atoms with van der Waals surface area (Å²) in [6.45, 7) is 8.28. The van der Waals surface area contributed by atoms with E-state index >= 15 is 0 Å². The maximum Gasteiger partial charge on any atom is 0.516 e. The molecule has 0 saturated carbocycles. The van der Waals surface area contributed by atoms with Crippen molar-refractivity contribution in [2.24, 2.45) is 10.2 Å². The number of aryl methyl sites for hydroxylation is 1. The molecule has 0 bridgehead atoms. The number of unbranched alkanes of at least 4 members (excludes halogenated alkanes) is 1. The zero-order chi connectivity index (χ0) is 28.1. The van der Waals surface area contributed by atoms with Crippen molar-refractivity contribution in [1.82, 2.24) is 10.2 Å². The van der Waals surface area contributed by atoms with E-state index in [-0.39, 0.29) is 40.2 Å². The van der Waals surface area contributed by atoms with Gasteiger partial charge in [-0.2, -0.15) is 21.6 Å². The maximum atomic E-state index is 13.2. The number of rotatable bonds is 11. The van der Waals surface area contributed by atoms with Crippen molar-refractivity contribution in [3.8, 4) is 0 Å². The first-order valence-corrected chi connectivity index (χ1v) is 14.7. The van der Waals surface area contributed by atoms with Crippen molar-refractivity contribution in [2.45, 2.75) is 83.8 Å². The predicted molar refractivity (Wildman–Crippen MR) is 139 cm³/mol. The molecule has 0 aliphatic carbocycles. The summed E-state index contributed by atoms with van der Waals surface area (Å²) < 4.78 is 70.4. The molecular formula is C23H31F3N6O4S2. The van der Waals surface area contributed by atoms with Crippen LogP contribution in [0.2, 0.25) is 0 Å². The molecule has 0 spiro atoms. The van der Waals surface area contributed by atoms with Gasteiger partial charge < -0.3 is 9.64 Å². The predicted octanol–water partition coefficient (Wildman–Crippen LogP) is 6.50. The molecule has 0 radical (unpaired) electrons. The highest BCUT2D eigenvalue weighted by Gasteiger charge is 2.46. The van der Waals surface area contributed by atoms with Gasteiger partial charge in [0.1, 0.15) is 5.69 Å². The molecule has 1 atom stereocenters. The largest absolute Gasteiger partial charge is 0.516 e. The van der Waals surface area contributed by atoms with E-state index in [2.05, 4.69) is 25.3 Å². The SMILES string of the molecule is CCCCOC(=O)c1nnc(N=Nc2cc3c(cc2NS(=O)(=O)C(F)(F)F)N(C(CC)CC)C(C)CC3)s1. The van der Waals surface area contributed by atoms with Crippen LogP contribution in [0.5, 0.6) is 0 Å². The van der Waals surface area contributed by atoms with Gasteiger partial charge in [0.25, 0.3) is 5.13 Å². The van der Waals surface area contributed by atoms with E-state index in [0.29, 0.717) is 18.5 Å². The number of azo groups is 1. The lowest BCUT2D eigenvalue weighted by atomic mass is 9.92. The Balaban J connectivity index is 2.01. The second kappa shape index (κ2) is 12.4. The Morgan fingerprint density at radius 2 is 1.95 bits per heavy atom. The van der Waals surface area contributed by atoms with E-state index in [1.807, 2.05) is 27.7 Å². The van der Waals surface area contributed by atoms with E-state index < -0.39 is 21.5 Å². The molecule has 3 rings (SSSR count). The van der Waals surface area contributed by atoms with Crippen molar-refractivity contribution < 1.29 is 31.1 Å². The highest BCUT2D eigenvalue weighted by Crippen LogP contribution is 2.42. The van der Waals surface area contributed by atoms with Crippen molar-refractivity contribution in [1.29, 1.82) is 0 Å². The van der Waals surface area contributed by atoms with Gasteiger partial charge in [-0.05, 0) is 56.7 Å². The number of carbonyl (C=O) groups is 1. The van der Waals surface area contributed by atoms with Crippen LogP contribution < -0.4 is 9.62 Å². The van der Waals surface area contributed by atoms with Crippen LogP contribution in [0.3, 0.4) is 0 Å². The Hall–Kier alpha value is -2.81. The minimum atomic E-state index is -5.72. The van der Waals surface area contributed by atoms with Crippen molar-refractivity contribution >= 4 is 49.5 Å². The van der Waals surface area contributed by atoms with Crippen LogP contribution in [0.1, 0.15) is 75.2 Å². The number of esters is 1. The number of fused-ring (bicyclic) bond motifs is 1. The molecule has 1 aliphatic rings. The van der Waals surface area contributed by atoms with Crippen molar-refractivity contribution in [2.75, 3.05) is 16.2 Å². The maximum absolute atomic E-state index is 13.2. The number of anilines is 2. The number of sulfonamides is 1. The number of aromatic nitrogens is 2. The number of nitrogens with one attached hydrogen (secondary N) is 1. The second-order valence-electron chi connectivity index (χ2n) is 8.89. The fraction of sp³-hybridized carbons (Fsp3) is 0.609. The number of alkyl halides is 3. The first kappa shape index (κ1) is 29.7. The average molecular weight is 577 g/mol. The number of hydrogen-bond donors (Lipinski definition) is 1. The standard InChI is InChI=1S/C23H31F3N6O4S2/c1-5-8-11-36-21(33)20-28-30-22(37-20)29-27-17-12-15-10-9-14(4)32(16(6-2)7-3)19(15)13-18(17)31-38(34,35)23(24,25)26/h12-14,16,31H,5-11H2,1-4H3. The number of benzene rings is 1. The molecule has 0 amide bonds. The Morgan fingerprint density at radius 3 is 2.58 bits per heavy atom. The zero-order valence-corrected chi connectivity index (χ0v) is 23.2. The molecule has 210 valence electrons. The monoisotopic (exact) mass is 576 g/mol. The summed E-state index contributed by atoms with van der Waals surface area (Å²) >= 11 is 0.797. The van der Waals surface area contributed by atoms with E-state index in [1.54, 1.807) is 4.72 Å². The lowest BCUT2D eigenvalue weighted by Gasteiger charge is -2.42. The Morgan fingerprint density at radius 1 is 1.24 bits per heavy atom. The van der Waals surface area contributed by atoms with Crippen molar-refractivity contribution in [3.05, 3.63) is 22.7 Å². The summed E-state index contributed by atoms with van der Waals surface area (Å²) in [6, 6.07) is 3.16. The van der Waals surface area contributed by atoms with Crippen LogP contribution >= 0.6 is 11.3 Å². The molecular weight excluding hydrogens is 545 g/mol. The van der Waals surface area contributed by atoms with E-state index in [1.165, 1.54) is 12.1 Å². The Kier molecular flexibility index (Phi) is 9.68. The van der Waals surface area contributed by atoms with Gasteiger partial charge in [0.2, 0.25) is 5.01 Å². The molecule has 1 unspecified atom stereocenters. The molecule has 1 aromatic heterocycles. The third-order valence-electron chi connectivity index (χ3n) is 6.23. The van der Waals surface area contributed by atoms with Gasteiger partial charge in [0.05, 0.1) is 12.3 Å². The summed E-state index contributed by atoms with van der Waals surface area (Å²) in [5, 5.41) is 15.3. The molecule has 10 nitrogen and oxygen atoms in total. The number of halogens is 3. The topological polar surface area (TPSA) is 126 Å². The first-order chi connectivity index (χ1) is 17.9.